The number of amides is 1. The van der Waals surface area contributed by atoms with Crippen LogP contribution in [0, 0.1) is 24.2 Å². The zero-order valence-electron chi connectivity index (χ0n) is 25.9. The molecule has 2 fully saturated rings. The van der Waals surface area contributed by atoms with Gasteiger partial charge in [-0.1, -0.05) is 52.3 Å². The molecule has 0 saturated carbocycles. The van der Waals surface area contributed by atoms with Crippen molar-refractivity contribution in [3.63, 3.8) is 0 Å². The van der Waals surface area contributed by atoms with Crippen LogP contribution in [-0.2, 0) is 14.3 Å². The fourth-order valence-electron chi connectivity index (χ4n) is 6.01. The van der Waals surface area contributed by atoms with Crippen molar-refractivity contribution in [1.29, 1.82) is 0 Å². The number of ether oxygens (including phenoxy) is 2. The molecule has 7 unspecified atom stereocenters. The summed E-state index contributed by atoms with van der Waals surface area (Å²) < 4.78 is 11.6. The predicted molar refractivity (Wildman–Crippen MR) is 164 cm³/mol. The van der Waals surface area contributed by atoms with Crippen LogP contribution in [0.1, 0.15) is 77.4 Å². The summed E-state index contributed by atoms with van der Waals surface area (Å²) in [7, 11) is 0. The highest BCUT2D eigenvalue weighted by Crippen LogP contribution is 2.40. The summed E-state index contributed by atoms with van der Waals surface area (Å²) in [5.41, 5.74) is 0.245. The van der Waals surface area contributed by atoms with E-state index in [0.29, 0.717) is 25.0 Å². The van der Waals surface area contributed by atoms with Gasteiger partial charge in [-0.25, -0.2) is 9.78 Å². The summed E-state index contributed by atoms with van der Waals surface area (Å²) >= 11 is 1.52. The topological polar surface area (TPSA) is 126 Å². The number of cyclic esters (lactones) is 1. The highest BCUT2D eigenvalue weighted by atomic mass is 32.1. The quantitative estimate of drug-likeness (QED) is 0.340. The summed E-state index contributed by atoms with van der Waals surface area (Å²) in [4.78, 5) is 46.1. The molecule has 2 aromatic rings. The molecular formula is C33H44N2O7S. The van der Waals surface area contributed by atoms with Crippen LogP contribution in [0.2, 0.25) is 0 Å². The number of hydrogen-bond donors (Lipinski definition) is 2. The third-order valence-corrected chi connectivity index (χ3v) is 9.77. The zero-order chi connectivity index (χ0) is 31.5. The van der Waals surface area contributed by atoms with Gasteiger partial charge in [0.1, 0.15) is 17.6 Å². The SMILES string of the molecule is C/C(=C\c1csc(C)n1)C1CC2C(CCCC(C)C(O)C(C)C(=O)C(C)(C)C(O)CC(=O)O1)N2C(=O)Oc1ccccc1. The maximum atomic E-state index is 13.4. The average Bonchev–Trinajstić information content (AvgIpc) is 3.49. The highest BCUT2D eigenvalue weighted by molar-refractivity contribution is 7.09. The minimum atomic E-state index is -1.30. The lowest BCUT2D eigenvalue weighted by molar-refractivity contribution is -0.154. The maximum Gasteiger partial charge on any atom is 0.415 e. The summed E-state index contributed by atoms with van der Waals surface area (Å²) in [6.07, 6.45) is 0.531. The van der Waals surface area contributed by atoms with Crippen molar-refractivity contribution in [3.05, 3.63) is 52.0 Å². The van der Waals surface area contributed by atoms with Crippen LogP contribution in [0.3, 0.4) is 0 Å². The lowest BCUT2D eigenvalue weighted by atomic mass is 9.73. The zero-order valence-corrected chi connectivity index (χ0v) is 26.7. The number of carbonyl (C=O) groups is 3. The van der Waals surface area contributed by atoms with E-state index in [0.717, 1.165) is 22.7 Å². The third kappa shape index (κ3) is 7.91. The Bertz CT molecular complexity index is 1320. The molecule has 10 heteroatoms. The minimum Gasteiger partial charge on any atom is -0.458 e. The Labute approximate surface area is 257 Å². The first-order valence-corrected chi connectivity index (χ1v) is 15.9. The number of esters is 1. The molecule has 2 N–H and O–H groups in total. The van der Waals surface area contributed by atoms with E-state index in [4.69, 9.17) is 9.47 Å². The largest absolute Gasteiger partial charge is 0.458 e. The molecule has 7 atom stereocenters. The van der Waals surface area contributed by atoms with Gasteiger partial charge in [0.2, 0.25) is 0 Å². The number of aliphatic hydroxyl groups is 2. The molecule has 0 radical (unpaired) electrons. The van der Waals surface area contributed by atoms with Crippen LogP contribution in [0.25, 0.3) is 6.08 Å². The molecule has 2 aliphatic rings. The van der Waals surface area contributed by atoms with E-state index in [2.05, 4.69) is 4.98 Å². The Hall–Kier alpha value is -3.08. The number of aliphatic hydroxyl groups excluding tert-OH is 2. The van der Waals surface area contributed by atoms with Gasteiger partial charge in [0.05, 0.1) is 46.8 Å². The Morgan fingerprint density at radius 3 is 2.49 bits per heavy atom. The second-order valence-electron chi connectivity index (χ2n) is 12.6. The number of benzene rings is 1. The van der Waals surface area contributed by atoms with Crippen molar-refractivity contribution in [3.8, 4) is 5.75 Å². The molecule has 2 saturated heterocycles. The number of para-hydroxylation sites is 1. The van der Waals surface area contributed by atoms with Gasteiger partial charge in [0, 0.05) is 17.7 Å². The molecule has 9 nitrogen and oxygen atoms in total. The molecule has 0 spiro atoms. The van der Waals surface area contributed by atoms with Gasteiger partial charge in [-0.3, -0.25) is 14.5 Å². The van der Waals surface area contributed by atoms with E-state index < -0.39 is 41.7 Å². The number of aromatic nitrogens is 1. The summed E-state index contributed by atoms with van der Waals surface area (Å²) in [6, 6.07) is 8.51. The van der Waals surface area contributed by atoms with Gasteiger partial charge in [-0.2, -0.15) is 0 Å². The molecule has 1 aromatic heterocycles. The number of hydrogen-bond acceptors (Lipinski definition) is 9. The average molecular weight is 613 g/mol. The molecule has 234 valence electrons. The first kappa shape index (κ1) is 32.8. The monoisotopic (exact) mass is 612 g/mol. The van der Waals surface area contributed by atoms with Crippen molar-refractivity contribution in [2.75, 3.05) is 0 Å². The molecule has 2 aliphatic heterocycles. The maximum absolute atomic E-state index is 13.4. The van der Waals surface area contributed by atoms with Crippen LogP contribution < -0.4 is 4.74 Å². The molecule has 0 bridgehead atoms. The number of rotatable bonds is 3. The molecule has 1 aromatic carbocycles. The minimum absolute atomic E-state index is 0.132. The van der Waals surface area contributed by atoms with Gasteiger partial charge in [0.25, 0.3) is 0 Å². The van der Waals surface area contributed by atoms with Gasteiger partial charge in [-0.05, 0) is 56.4 Å². The van der Waals surface area contributed by atoms with Crippen LogP contribution in [0.5, 0.6) is 5.75 Å². The molecule has 3 heterocycles. The fourth-order valence-corrected chi connectivity index (χ4v) is 6.58. The molecule has 43 heavy (non-hydrogen) atoms. The molecule has 4 rings (SSSR count). The van der Waals surface area contributed by atoms with Crippen molar-refractivity contribution in [1.82, 2.24) is 9.88 Å². The Morgan fingerprint density at radius 1 is 1.14 bits per heavy atom. The van der Waals surface area contributed by atoms with Crippen molar-refractivity contribution < 1.29 is 34.1 Å². The number of fused-ring (bicyclic) bond motifs is 1. The second kappa shape index (κ2) is 13.7. The van der Waals surface area contributed by atoms with Crippen LogP contribution in [-0.4, -0.2) is 68.3 Å². The number of nitrogens with zero attached hydrogens (tertiary/aromatic N) is 2. The van der Waals surface area contributed by atoms with Crippen molar-refractivity contribution >= 4 is 35.3 Å². The molecule has 1 amide bonds. The number of thiazole rings is 1. The van der Waals surface area contributed by atoms with Crippen LogP contribution in [0.4, 0.5) is 4.79 Å². The highest BCUT2D eigenvalue weighted by Gasteiger charge is 2.53. The number of Topliss-reactive ketones (excluding diaryl/α,β-unsaturated/α-hetero) is 1. The first-order valence-electron chi connectivity index (χ1n) is 15.0. The smallest absolute Gasteiger partial charge is 0.415 e. The summed E-state index contributed by atoms with van der Waals surface area (Å²) in [6.45, 7) is 10.6. The third-order valence-electron chi connectivity index (χ3n) is 8.97. The van der Waals surface area contributed by atoms with E-state index in [1.54, 1.807) is 49.9 Å². The second-order valence-corrected chi connectivity index (χ2v) is 13.7. The first-order chi connectivity index (χ1) is 20.3. The fraction of sp³-hybridized carbons (Fsp3) is 0.576. The van der Waals surface area contributed by atoms with Gasteiger partial charge in [0.15, 0.2) is 0 Å². The Morgan fingerprint density at radius 2 is 1.84 bits per heavy atom. The Balaban J connectivity index is 1.63. The number of aryl methyl sites for hydroxylation is 1. The van der Waals surface area contributed by atoms with E-state index >= 15 is 0 Å². The van der Waals surface area contributed by atoms with Crippen molar-refractivity contribution in [2.24, 2.45) is 17.3 Å². The van der Waals surface area contributed by atoms with Crippen molar-refractivity contribution in [2.45, 2.75) is 104 Å². The normalized spacial score (nSPS) is 30.7. The van der Waals surface area contributed by atoms with E-state index in [9.17, 15) is 24.6 Å². The predicted octanol–water partition coefficient (Wildman–Crippen LogP) is 5.57. The van der Waals surface area contributed by atoms with Gasteiger partial charge >= 0.3 is 12.1 Å². The van der Waals surface area contributed by atoms with E-state index in [1.165, 1.54) is 11.3 Å². The van der Waals surface area contributed by atoms with Crippen LogP contribution >= 0.6 is 11.3 Å². The van der Waals surface area contributed by atoms with E-state index in [-0.39, 0.29) is 30.2 Å². The Kier molecular flexibility index (Phi) is 10.5. The lowest BCUT2D eigenvalue weighted by Crippen LogP contribution is -2.45. The summed E-state index contributed by atoms with van der Waals surface area (Å²) in [5.74, 6) is -1.41. The molecule has 0 aliphatic carbocycles. The lowest BCUT2D eigenvalue weighted by Gasteiger charge is -2.34. The summed E-state index contributed by atoms with van der Waals surface area (Å²) in [5, 5.41) is 24.9. The number of carbonyl (C=O) groups excluding carboxylic acids is 3. The van der Waals surface area contributed by atoms with E-state index in [1.807, 2.05) is 38.3 Å². The molecular weight excluding hydrogens is 568 g/mol. The number of ketones is 1. The van der Waals surface area contributed by atoms with Gasteiger partial charge < -0.3 is 19.7 Å². The van der Waals surface area contributed by atoms with Crippen LogP contribution in [0.15, 0.2) is 41.3 Å². The standard InChI is InChI=1S/C33H44N2O7S/c1-19-11-10-14-25-26(35(25)32(40)41-24-12-8-7-9-13-24)16-27(20(2)15-23-18-43-22(4)34-23)42-29(37)17-28(36)33(5,6)31(39)21(3)30(19)38/h7-9,12-13,15,18-19,21,25-28,30,36,38H,10-11,14,16-17H2,1-6H3/b20-15+. The van der Waals surface area contributed by atoms with Gasteiger partial charge in [-0.15, -0.1) is 11.3 Å².